The van der Waals surface area contributed by atoms with Crippen molar-refractivity contribution >= 4 is 33.4 Å². The first-order valence-electron chi connectivity index (χ1n) is 8.27. The molecule has 1 aromatic carbocycles. The van der Waals surface area contributed by atoms with Crippen LogP contribution in [-0.4, -0.2) is 50.9 Å². The topological polar surface area (TPSA) is 109 Å². The molecule has 0 saturated carbocycles. The maximum absolute atomic E-state index is 12.3. The van der Waals surface area contributed by atoms with E-state index in [1.54, 1.807) is 11.3 Å². The van der Waals surface area contributed by atoms with Gasteiger partial charge in [-0.15, -0.1) is 11.3 Å². The van der Waals surface area contributed by atoms with E-state index in [1.807, 2.05) is 24.3 Å². The smallest absolute Gasteiger partial charge is 0.271 e. The second-order valence-corrected chi connectivity index (χ2v) is 7.16. The predicted octanol–water partition coefficient (Wildman–Crippen LogP) is 0.570. The quantitative estimate of drug-likeness (QED) is 0.621. The number of thiazole rings is 1. The number of nitrogens with zero attached hydrogens (tertiary/aromatic N) is 3. The Bertz CT molecular complexity index is 947. The molecule has 2 amide bonds. The second kappa shape index (κ2) is 6.85. The first kappa shape index (κ1) is 16.7. The normalized spacial score (nSPS) is 16.8. The Morgan fingerprint density at radius 2 is 2.27 bits per heavy atom. The Kier molecular flexibility index (Phi) is 4.39. The maximum atomic E-state index is 12.3. The minimum atomic E-state index is -0.727. The van der Waals surface area contributed by atoms with Crippen molar-refractivity contribution in [3.8, 4) is 0 Å². The maximum Gasteiger partial charge on any atom is 0.271 e. The van der Waals surface area contributed by atoms with Crippen LogP contribution in [0.3, 0.4) is 0 Å². The molecule has 0 bridgehead atoms. The largest absolute Gasteiger partial charge is 0.389 e. The van der Waals surface area contributed by atoms with Crippen molar-refractivity contribution in [2.75, 3.05) is 13.1 Å². The highest BCUT2D eigenvalue weighted by Gasteiger charge is 2.24. The van der Waals surface area contributed by atoms with E-state index in [4.69, 9.17) is 0 Å². The van der Waals surface area contributed by atoms with E-state index in [-0.39, 0.29) is 36.3 Å². The fourth-order valence-electron chi connectivity index (χ4n) is 2.82. The number of benzene rings is 1. The van der Waals surface area contributed by atoms with E-state index >= 15 is 0 Å². The summed E-state index contributed by atoms with van der Waals surface area (Å²) in [7, 11) is 0. The number of β-amino-alcohol motifs (C(OH)–C–C–N with tert-alkyl or cyclic N) is 1. The summed E-state index contributed by atoms with van der Waals surface area (Å²) >= 11 is 1.61. The van der Waals surface area contributed by atoms with E-state index in [1.165, 1.54) is 10.7 Å². The van der Waals surface area contributed by atoms with Gasteiger partial charge in [0.15, 0.2) is 5.69 Å². The van der Waals surface area contributed by atoms with Crippen molar-refractivity contribution in [2.45, 2.75) is 19.1 Å². The third-order valence-corrected chi connectivity index (χ3v) is 5.19. The van der Waals surface area contributed by atoms with E-state index in [9.17, 15) is 14.7 Å². The molecule has 9 heteroatoms. The molecule has 0 radical (unpaired) electrons. The highest BCUT2D eigenvalue weighted by atomic mass is 32.1. The Hall–Kier alpha value is -2.78. The molecule has 3 N–H and O–H groups in total. The lowest BCUT2D eigenvalue weighted by Gasteiger charge is -2.06. The number of hydrogen-bond donors (Lipinski definition) is 3. The molecule has 26 heavy (non-hydrogen) atoms. The highest BCUT2D eigenvalue weighted by molar-refractivity contribution is 7.18. The Labute approximate surface area is 152 Å². The number of hydrogen-bond acceptors (Lipinski definition) is 6. The van der Waals surface area contributed by atoms with Crippen LogP contribution in [-0.2, 0) is 13.0 Å². The first-order chi connectivity index (χ1) is 12.6. The molecule has 8 nitrogen and oxygen atoms in total. The summed E-state index contributed by atoms with van der Waals surface area (Å²) < 4.78 is 2.49. The number of aromatic nitrogens is 3. The first-order valence-corrected chi connectivity index (χ1v) is 9.08. The molecular formula is C17H17N5O3S. The van der Waals surface area contributed by atoms with Gasteiger partial charge in [-0.25, -0.2) is 4.98 Å². The number of carbonyl (C=O) groups excluding carboxylic acids is 2. The van der Waals surface area contributed by atoms with Crippen molar-refractivity contribution in [3.05, 3.63) is 46.7 Å². The Morgan fingerprint density at radius 1 is 1.42 bits per heavy atom. The molecule has 1 atom stereocenters. The SMILES string of the molecule is O=C(NCCc1nc2ccccc2s1)c1cc2n(n1)CC(O)CNC2=O. The lowest BCUT2D eigenvalue weighted by atomic mass is 10.3. The van der Waals surface area contributed by atoms with Gasteiger partial charge in [0, 0.05) is 25.6 Å². The fraction of sp³-hybridized carbons (Fsp3) is 0.294. The van der Waals surface area contributed by atoms with Crippen LogP contribution in [0.2, 0.25) is 0 Å². The molecule has 0 spiro atoms. The van der Waals surface area contributed by atoms with E-state index < -0.39 is 6.10 Å². The summed E-state index contributed by atoms with van der Waals surface area (Å²) in [6.45, 7) is 0.772. The zero-order valence-corrected chi connectivity index (χ0v) is 14.6. The number of fused-ring (bicyclic) bond motifs is 2. The van der Waals surface area contributed by atoms with Crippen LogP contribution < -0.4 is 10.6 Å². The molecule has 3 heterocycles. The Balaban J connectivity index is 1.40. The molecule has 1 aliphatic heterocycles. The number of carbonyl (C=O) groups is 2. The van der Waals surface area contributed by atoms with Gasteiger partial charge in [-0.1, -0.05) is 12.1 Å². The van der Waals surface area contributed by atoms with Gasteiger partial charge in [0.1, 0.15) is 5.69 Å². The van der Waals surface area contributed by atoms with Gasteiger partial charge in [-0.2, -0.15) is 5.10 Å². The summed E-state index contributed by atoms with van der Waals surface area (Å²) in [6, 6.07) is 9.35. The number of aliphatic hydroxyl groups is 1. The summed E-state index contributed by atoms with van der Waals surface area (Å²) in [5.41, 5.74) is 1.40. The minimum absolute atomic E-state index is 0.161. The fourth-order valence-corrected chi connectivity index (χ4v) is 3.78. The van der Waals surface area contributed by atoms with E-state index in [0.29, 0.717) is 13.0 Å². The summed E-state index contributed by atoms with van der Waals surface area (Å²) in [4.78, 5) is 28.8. The highest BCUT2D eigenvalue weighted by Crippen LogP contribution is 2.21. The number of amides is 2. The average Bonchev–Trinajstić information content (AvgIpc) is 3.20. The number of rotatable bonds is 4. The molecule has 0 aliphatic carbocycles. The van der Waals surface area contributed by atoms with Crippen molar-refractivity contribution in [1.29, 1.82) is 0 Å². The molecule has 0 fully saturated rings. The van der Waals surface area contributed by atoms with Gasteiger partial charge in [-0.3, -0.25) is 14.3 Å². The average molecular weight is 371 g/mol. The van der Waals surface area contributed by atoms with Crippen LogP contribution >= 0.6 is 11.3 Å². The standard InChI is InChI=1S/C17H17N5O3S/c23-10-8-19-17(25)13-7-12(21-22(13)9-10)16(24)18-6-5-15-20-11-3-1-2-4-14(11)26-15/h1-4,7,10,23H,5-6,8-9H2,(H,18,24)(H,19,25). The summed E-state index contributed by atoms with van der Waals surface area (Å²) in [5, 5.41) is 20.2. The van der Waals surface area contributed by atoms with Crippen LogP contribution in [0, 0.1) is 0 Å². The Morgan fingerprint density at radius 3 is 3.12 bits per heavy atom. The van der Waals surface area contributed by atoms with Crippen LogP contribution in [0.1, 0.15) is 26.0 Å². The number of para-hydroxylation sites is 1. The van der Waals surface area contributed by atoms with Gasteiger partial charge >= 0.3 is 0 Å². The second-order valence-electron chi connectivity index (χ2n) is 6.04. The van der Waals surface area contributed by atoms with Crippen LogP contribution in [0.15, 0.2) is 30.3 Å². The van der Waals surface area contributed by atoms with Crippen LogP contribution in [0.25, 0.3) is 10.2 Å². The van der Waals surface area contributed by atoms with Crippen LogP contribution in [0.4, 0.5) is 0 Å². The number of nitrogens with one attached hydrogen (secondary N) is 2. The number of aliphatic hydroxyl groups excluding tert-OH is 1. The molecule has 0 saturated heterocycles. The zero-order chi connectivity index (χ0) is 18.1. The van der Waals surface area contributed by atoms with Gasteiger partial charge in [0.05, 0.1) is 27.9 Å². The van der Waals surface area contributed by atoms with Crippen LogP contribution in [0.5, 0.6) is 0 Å². The molecule has 134 valence electrons. The molecule has 1 unspecified atom stereocenters. The van der Waals surface area contributed by atoms with Crippen molar-refractivity contribution in [3.63, 3.8) is 0 Å². The third kappa shape index (κ3) is 3.31. The lowest BCUT2D eigenvalue weighted by Crippen LogP contribution is -2.30. The zero-order valence-electron chi connectivity index (χ0n) is 13.8. The molecule has 1 aliphatic rings. The molecular weight excluding hydrogens is 354 g/mol. The van der Waals surface area contributed by atoms with Gasteiger partial charge in [-0.05, 0) is 12.1 Å². The van der Waals surface area contributed by atoms with Crippen molar-refractivity contribution in [1.82, 2.24) is 25.4 Å². The van der Waals surface area contributed by atoms with Crippen molar-refractivity contribution < 1.29 is 14.7 Å². The predicted molar refractivity (Wildman–Crippen MR) is 96.2 cm³/mol. The lowest BCUT2D eigenvalue weighted by molar-refractivity contribution is 0.0931. The van der Waals surface area contributed by atoms with Gasteiger partial charge in [0.25, 0.3) is 11.8 Å². The van der Waals surface area contributed by atoms with E-state index in [2.05, 4.69) is 20.7 Å². The molecule has 3 aromatic rings. The summed E-state index contributed by atoms with van der Waals surface area (Å²) in [6.07, 6.45) is -0.104. The minimum Gasteiger partial charge on any atom is -0.389 e. The third-order valence-electron chi connectivity index (χ3n) is 4.09. The monoisotopic (exact) mass is 371 g/mol. The van der Waals surface area contributed by atoms with Gasteiger partial charge < -0.3 is 15.7 Å². The molecule has 2 aromatic heterocycles. The van der Waals surface area contributed by atoms with Gasteiger partial charge in [0.2, 0.25) is 0 Å². The van der Waals surface area contributed by atoms with E-state index in [0.717, 1.165) is 15.2 Å². The molecule has 4 rings (SSSR count). The van der Waals surface area contributed by atoms with Crippen molar-refractivity contribution in [2.24, 2.45) is 0 Å². The summed E-state index contributed by atoms with van der Waals surface area (Å²) in [5.74, 6) is -0.698.